The molecule has 0 spiro atoms. The van der Waals surface area contributed by atoms with Gasteiger partial charge in [0.1, 0.15) is 0 Å². The van der Waals surface area contributed by atoms with Crippen molar-refractivity contribution in [3.05, 3.63) is 60.2 Å². The Hall–Kier alpha value is -3.40. The molecule has 4 rings (SSSR count). The van der Waals surface area contributed by atoms with Crippen LogP contribution in [0.25, 0.3) is 32.7 Å². The summed E-state index contributed by atoms with van der Waals surface area (Å²) >= 11 is 0. The van der Waals surface area contributed by atoms with Gasteiger partial charge in [0.05, 0.1) is 28.4 Å². The Morgan fingerprint density at radius 2 is 1.06 bits per heavy atom. The van der Waals surface area contributed by atoms with E-state index in [0.717, 1.165) is 46.9 Å². The fourth-order valence-corrected chi connectivity index (χ4v) is 4.51. The van der Waals surface area contributed by atoms with Gasteiger partial charge in [-0.15, -0.1) is 0 Å². The molecule has 4 heteroatoms. The first-order valence-electron chi connectivity index (χ1n) is 11.0. The van der Waals surface area contributed by atoms with E-state index < -0.39 is 0 Å². The van der Waals surface area contributed by atoms with Gasteiger partial charge in [-0.2, -0.15) is 0 Å². The number of benzene rings is 4. The van der Waals surface area contributed by atoms with Gasteiger partial charge in [0.2, 0.25) is 0 Å². The molecule has 0 fully saturated rings. The van der Waals surface area contributed by atoms with Gasteiger partial charge in [0.15, 0.2) is 23.0 Å². The van der Waals surface area contributed by atoms with Gasteiger partial charge in [-0.1, -0.05) is 43.7 Å². The Morgan fingerprint density at radius 3 is 1.56 bits per heavy atom. The predicted octanol–water partition coefficient (Wildman–Crippen LogP) is 7.04. The van der Waals surface area contributed by atoms with Gasteiger partial charge >= 0.3 is 0 Å². The van der Waals surface area contributed by atoms with Crippen LogP contribution in [-0.2, 0) is 6.42 Å². The number of ether oxygens (including phenoxy) is 4. The molecule has 4 aromatic carbocycles. The van der Waals surface area contributed by atoms with E-state index >= 15 is 0 Å². The van der Waals surface area contributed by atoms with Crippen LogP contribution in [0.1, 0.15) is 25.3 Å². The van der Waals surface area contributed by atoms with Crippen molar-refractivity contribution in [3.63, 3.8) is 0 Å². The molecule has 166 valence electrons. The summed E-state index contributed by atoms with van der Waals surface area (Å²) in [5.41, 5.74) is 3.73. The highest BCUT2D eigenvalue weighted by molar-refractivity contribution is 6.17. The van der Waals surface area contributed by atoms with Gasteiger partial charge in [0.25, 0.3) is 0 Å². The lowest BCUT2D eigenvalue weighted by Crippen LogP contribution is -1.99. The van der Waals surface area contributed by atoms with Crippen LogP contribution in [0.15, 0.2) is 54.6 Å². The molecule has 0 bridgehead atoms. The van der Waals surface area contributed by atoms with Crippen LogP contribution in [0.5, 0.6) is 23.0 Å². The maximum Gasteiger partial charge on any atom is 0.161 e. The van der Waals surface area contributed by atoms with Crippen molar-refractivity contribution >= 4 is 21.5 Å². The molecule has 0 aromatic heterocycles. The van der Waals surface area contributed by atoms with E-state index in [0.29, 0.717) is 11.5 Å². The Morgan fingerprint density at radius 1 is 0.594 bits per heavy atom. The lowest BCUT2D eigenvalue weighted by atomic mass is 9.85. The molecule has 0 heterocycles. The zero-order valence-electron chi connectivity index (χ0n) is 19.5. The van der Waals surface area contributed by atoms with Crippen molar-refractivity contribution in [1.29, 1.82) is 0 Å². The first kappa shape index (κ1) is 21.8. The second-order valence-electron chi connectivity index (χ2n) is 7.83. The van der Waals surface area contributed by atoms with Crippen LogP contribution in [0, 0.1) is 0 Å². The largest absolute Gasteiger partial charge is 0.493 e. The predicted molar refractivity (Wildman–Crippen MR) is 132 cm³/mol. The van der Waals surface area contributed by atoms with Gasteiger partial charge in [-0.05, 0) is 75.3 Å². The number of rotatable bonds is 8. The first-order valence-corrected chi connectivity index (χ1v) is 11.0. The normalized spacial score (nSPS) is 11.0. The molecule has 0 radical (unpaired) electrons. The Bertz CT molecular complexity index is 1250. The topological polar surface area (TPSA) is 36.9 Å². The summed E-state index contributed by atoms with van der Waals surface area (Å²) < 4.78 is 22.7. The molecule has 0 aliphatic carbocycles. The summed E-state index contributed by atoms with van der Waals surface area (Å²) in [5.74, 6) is 2.87. The van der Waals surface area contributed by atoms with Crippen LogP contribution in [0.4, 0.5) is 0 Å². The molecule has 0 aliphatic rings. The van der Waals surface area contributed by atoms with Gasteiger partial charge in [-0.25, -0.2) is 0 Å². The van der Waals surface area contributed by atoms with Gasteiger partial charge < -0.3 is 18.9 Å². The minimum Gasteiger partial charge on any atom is -0.493 e. The van der Waals surface area contributed by atoms with E-state index in [4.69, 9.17) is 18.9 Å². The first-order chi connectivity index (χ1) is 15.7. The van der Waals surface area contributed by atoms with Gasteiger partial charge in [0, 0.05) is 0 Å². The summed E-state index contributed by atoms with van der Waals surface area (Å²) in [7, 11) is 6.70. The summed E-state index contributed by atoms with van der Waals surface area (Å²) in [6.45, 7) is 2.23. The number of methoxy groups -OCH3 is 4. The number of aryl methyl sites for hydroxylation is 1. The summed E-state index contributed by atoms with van der Waals surface area (Å²) in [6.07, 6.45) is 3.19. The maximum absolute atomic E-state index is 5.68. The van der Waals surface area contributed by atoms with Crippen molar-refractivity contribution in [2.45, 2.75) is 26.2 Å². The summed E-state index contributed by atoms with van der Waals surface area (Å²) in [4.78, 5) is 0. The highest BCUT2D eigenvalue weighted by Crippen LogP contribution is 2.46. The molecule has 4 aromatic rings. The smallest absolute Gasteiger partial charge is 0.161 e. The fraction of sp³-hybridized carbons (Fsp3) is 0.286. The Balaban J connectivity index is 2.24. The van der Waals surface area contributed by atoms with E-state index in [1.54, 1.807) is 28.4 Å². The lowest BCUT2D eigenvalue weighted by Gasteiger charge is -2.21. The molecular formula is C28H30O4. The molecule has 0 aliphatic heterocycles. The van der Waals surface area contributed by atoms with E-state index in [1.165, 1.54) is 22.1 Å². The average molecular weight is 431 g/mol. The molecule has 32 heavy (non-hydrogen) atoms. The molecule has 4 nitrogen and oxygen atoms in total. The van der Waals surface area contributed by atoms with Crippen LogP contribution in [-0.4, -0.2) is 28.4 Å². The standard InChI is InChI=1S/C28H30O4/c1-6-7-13-19-20-14-24(29-2)25(30-3)15-21(20)22-16-26(31-4)27(32-5)17-23(22)28(19)18-11-9-8-10-12-18/h8-12,14-17H,6-7,13H2,1-5H3. The van der Waals surface area contributed by atoms with Crippen LogP contribution >= 0.6 is 0 Å². The number of fused-ring (bicyclic) bond motifs is 3. The third-order valence-electron chi connectivity index (χ3n) is 6.08. The number of hydrogen-bond acceptors (Lipinski definition) is 4. The van der Waals surface area contributed by atoms with E-state index in [1.807, 2.05) is 0 Å². The quantitative estimate of drug-likeness (QED) is 0.281. The Labute approximate surface area is 189 Å². The van der Waals surface area contributed by atoms with Crippen LogP contribution < -0.4 is 18.9 Å². The lowest BCUT2D eigenvalue weighted by molar-refractivity contribution is 0.355. The van der Waals surface area contributed by atoms with Gasteiger partial charge in [-0.3, -0.25) is 0 Å². The molecule has 0 saturated heterocycles. The van der Waals surface area contributed by atoms with Crippen molar-refractivity contribution < 1.29 is 18.9 Å². The van der Waals surface area contributed by atoms with Crippen molar-refractivity contribution in [3.8, 4) is 34.1 Å². The Kier molecular flexibility index (Phi) is 6.40. The fourth-order valence-electron chi connectivity index (χ4n) is 4.51. The molecular weight excluding hydrogens is 400 g/mol. The van der Waals surface area contributed by atoms with Crippen LogP contribution in [0.3, 0.4) is 0 Å². The van der Waals surface area contributed by atoms with E-state index in [-0.39, 0.29) is 0 Å². The zero-order chi connectivity index (χ0) is 22.7. The maximum atomic E-state index is 5.68. The third kappa shape index (κ3) is 3.70. The molecule has 0 N–H and O–H groups in total. The monoisotopic (exact) mass is 430 g/mol. The minimum absolute atomic E-state index is 0.705. The number of hydrogen-bond donors (Lipinski definition) is 0. The van der Waals surface area contributed by atoms with Crippen molar-refractivity contribution in [2.24, 2.45) is 0 Å². The van der Waals surface area contributed by atoms with E-state index in [2.05, 4.69) is 61.5 Å². The highest BCUT2D eigenvalue weighted by Gasteiger charge is 2.20. The summed E-state index contributed by atoms with van der Waals surface area (Å²) in [6, 6.07) is 18.9. The molecule has 0 amide bonds. The second-order valence-corrected chi connectivity index (χ2v) is 7.83. The average Bonchev–Trinajstić information content (AvgIpc) is 2.85. The van der Waals surface area contributed by atoms with E-state index in [9.17, 15) is 0 Å². The molecule has 0 atom stereocenters. The summed E-state index contributed by atoms with van der Waals surface area (Å²) in [5, 5.41) is 4.52. The van der Waals surface area contributed by atoms with Crippen LogP contribution in [0.2, 0.25) is 0 Å². The highest BCUT2D eigenvalue weighted by atomic mass is 16.5. The minimum atomic E-state index is 0.705. The zero-order valence-corrected chi connectivity index (χ0v) is 19.5. The van der Waals surface area contributed by atoms with Crippen molar-refractivity contribution in [2.75, 3.05) is 28.4 Å². The number of unbranched alkanes of at least 4 members (excludes halogenated alkanes) is 1. The van der Waals surface area contributed by atoms with Crippen molar-refractivity contribution in [1.82, 2.24) is 0 Å². The third-order valence-corrected chi connectivity index (χ3v) is 6.08. The second kappa shape index (κ2) is 9.39. The SMILES string of the molecule is CCCCc1c(-c2ccccc2)c2cc(OC)c(OC)cc2c2cc(OC)c(OC)cc12. The molecule has 0 unspecified atom stereocenters. The molecule has 0 saturated carbocycles.